The van der Waals surface area contributed by atoms with Gasteiger partial charge in [-0.3, -0.25) is 4.79 Å². The van der Waals surface area contributed by atoms with E-state index >= 15 is 0 Å². The second-order valence-electron chi connectivity index (χ2n) is 4.91. The molecule has 3 rings (SSSR count). The van der Waals surface area contributed by atoms with Crippen LogP contribution in [-0.4, -0.2) is 12.5 Å². The monoisotopic (exact) mass is 301 g/mol. The van der Waals surface area contributed by atoms with Crippen LogP contribution in [0.4, 0.5) is 0 Å². The van der Waals surface area contributed by atoms with Gasteiger partial charge in [-0.2, -0.15) is 0 Å². The van der Waals surface area contributed by atoms with E-state index in [-0.39, 0.29) is 5.91 Å². The van der Waals surface area contributed by atoms with Gasteiger partial charge in [0, 0.05) is 17.0 Å². The van der Waals surface area contributed by atoms with Crippen molar-refractivity contribution in [1.82, 2.24) is 5.32 Å². The number of rotatable bonds is 3. The van der Waals surface area contributed by atoms with Crippen LogP contribution in [0.3, 0.4) is 0 Å². The average Bonchev–Trinajstić information content (AvgIpc) is 3.01. The van der Waals surface area contributed by atoms with Crippen LogP contribution < -0.4 is 5.32 Å². The summed E-state index contributed by atoms with van der Waals surface area (Å²) < 4.78 is 5.61. The smallest absolute Gasteiger partial charge is 0.244 e. The summed E-state index contributed by atoms with van der Waals surface area (Å²) in [4.78, 5) is 11.7. The summed E-state index contributed by atoms with van der Waals surface area (Å²) in [6, 6.07) is 19.3. The van der Waals surface area contributed by atoms with Gasteiger partial charge in [0.15, 0.2) is 0 Å². The van der Waals surface area contributed by atoms with Crippen molar-refractivity contribution in [2.24, 2.45) is 0 Å². The zero-order valence-corrected chi connectivity index (χ0v) is 12.5. The van der Waals surface area contributed by atoms with Crippen LogP contribution >= 0.6 is 0 Å². The lowest BCUT2D eigenvalue weighted by Gasteiger charge is -1.94. The van der Waals surface area contributed by atoms with Gasteiger partial charge < -0.3 is 9.73 Å². The lowest BCUT2D eigenvalue weighted by atomic mass is 10.2. The van der Waals surface area contributed by atoms with E-state index in [1.165, 1.54) is 6.08 Å². The lowest BCUT2D eigenvalue weighted by Crippen LogP contribution is -2.20. The Balaban J connectivity index is 1.54. The quantitative estimate of drug-likeness (QED) is 0.593. The number of carbonyl (C=O) groups is 1. The predicted molar refractivity (Wildman–Crippen MR) is 91.6 cm³/mol. The van der Waals surface area contributed by atoms with E-state index < -0.39 is 0 Å². The lowest BCUT2D eigenvalue weighted by molar-refractivity contribution is -0.116. The zero-order chi connectivity index (χ0) is 15.9. The third-order valence-corrected chi connectivity index (χ3v) is 3.20. The van der Waals surface area contributed by atoms with Crippen LogP contribution in [-0.2, 0) is 4.79 Å². The molecule has 0 spiro atoms. The third kappa shape index (κ3) is 4.12. The van der Waals surface area contributed by atoms with Gasteiger partial charge in [0.2, 0.25) is 5.91 Å². The van der Waals surface area contributed by atoms with Gasteiger partial charge in [0.25, 0.3) is 0 Å². The van der Waals surface area contributed by atoms with Crippen LogP contribution in [0.2, 0.25) is 0 Å². The topological polar surface area (TPSA) is 42.2 Å². The molecule has 0 aliphatic rings. The minimum absolute atomic E-state index is 0.201. The summed E-state index contributed by atoms with van der Waals surface area (Å²) in [5, 5.41) is 3.73. The Hall–Kier alpha value is -3.25. The Morgan fingerprint density at radius 3 is 2.70 bits per heavy atom. The number of benzene rings is 2. The normalized spacial score (nSPS) is 10.4. The Bertz CT molecular complexity index is 862. The minimum Gasteiger partial charge on any atom is -0.457 e. The van der Waals surface area contributed by atoms with Crippen molar-refractivity contribution < 1.29 is 9.21 Å². The fraction of sp³-hybridized carbons (Fsp3) is 0.0500. The minimum atomic E-state index is -0.201. The molecule has 0 unspecified atom stereocenters. The highest BCUT2D eigenvalue weighted by Crippen LogP contribution is 2.19. The number of nitrogens with one attached hydrogen (secondary N) is 1. The molecule has 0 saturated carbocycles. The highest BCUT2D eigenvalue weighted by atomic mass is 16.3. The number of para-hydroxylation sites is 1. The number of carbonyl (C=O) groups excluding carboxylic acids is 1. The first kappa shape index (κ1) is 14.7. The largest absolute Gasteiger partial charge is 0.457 e. The van der Waals surface area contributed by atoms with Crippen molar-refractivity contribution >= 4 is 23.0 Å². The summed E-state index contributed by atoms with van der Waals surface area (Å²) in [5.74, 6) is 6.35. The van der Waals surface area contributed by atoms with Gasteiger partial charge in [-0.05, 0) is 30.3 Å². The predicted octanol–water partition coefficient (Wildman–Crippen LogP) is 3.61. The van der Waals surface area contributed by atoms with E-state index in [9.17, 15) is 4.79 Å². The first-order valence-corrected chi connectivity index (χ1v) is 7.30. The molecule has 0 fully saturated rings. The van der Waals surface area contributed by atoms with Crippen molar-refractivity contribution in [2.45, 2.75) is 0 Å². The Labute approximate surface area is 134 Å². The molecule has 1 heterocycles. The number of furan rings is 1. The summed E-state index contributed by atoms with van der Waals surface area (Å²) in [6.07, 6.45) is 3.10. The molecule has 1 N–H and O–H groups in total. The van der Waals surface area contributed by atoms with E-state index in [4.69, 9.17) is 4.42 Å². The molecule has 3 heteroatoms. The molecule has 0 bridgehead atoms. The highest BCUT2D eigenvalue weighted by molar-refractivity contribution is 5.92. The molecule has 3 aromatic rings. The SMILES string of the molecule is O=C(/C=C/c1cc2ccccc2o1)NCC#Cc1ccccc1. The maximum atomic E-state index is 11.7. The van der Waals surface area contributed by atoms with Gasteiger partial charge in [0.05, 0.1) is 6.54 Å². The molecule has 1 amide bonds. The average molecular weight is 301 g/mol. The van der Waals surface area contributed by atoms with Crippen molar-refractivity contribution in [2.75, 3.05) is 6.54 Å². The van der Waals surface area contributed by atoms with Crippen LogP contribution in [0.15, 0.2) is 71.2 Å². The Kier molecular flexibility index (Phi) is 4.56. The standard InChI is InChI=1S/C20H15NO2/c22-20(21-14-6-9-16-7-2-1-3-8-16)13-12-18-15-17-10-4-5-11-19(17)23-18/h1-5,7-8,10-13,15H,14H2,(H,21,22)/b13-12+. The van der Waals surface area contributed by atoms with E-state index in [2.05, 4.69) is 17.2 Å². The van der Waals surface area contributed by atoms with Crippen LogP contribution in [0.1, 0.15) is 11.3 Å². The van der Waals surface area contributed by atoms with Crippen LogP contribution in [0.25, 0.3) is 17.0 Å². The molecule has 2 aromatic carbocycles. The molecule has 0 atom stereocenters. The van der Waals surface area contributed by atoms with Gasteiger partial charge in [-0.1, -0.05) is 48.2 Å². The van der Waals surface area contributed by atoms with E-state index in [1.807, 2.05) is 60.7 Å². The molecule has 0 saturated heterocycles. The van der Waals surface area contributed by atoms with E-state index in [1.54, 1.807) is 6.08 Å². The fourth-order valence-electron chi connectivity index (χ4n) is 2.10. The molecular formula is C20H15NO2. The second-order valence-corrected chi connectivity index (χ2v) is 4.91. The maximum Gasteiger partial charge on any atom is 0.244 e. The first-order valence-electron chi connectivity index (χ1n) is 7.30. The summed E-state index contributed by atoms with van der Waals surface area (Å²) in [7, 11) is 0. The highest BCUT2D eigenvalue weighted by Gasteiger charge is 2.00. The van der Waals surface area contributed by atoms with Gasteiger partial charge in [0.1, 0.15) is 11.3 Å². The maximum absolute atomic E-state index is 11.7. The molecule has 3 nitrogen and oxygen atoms in total. The Morgan fingerprint density at radius 2 is 1.87 bits per heavy atom. The molecule has 0 aliphatic carbocycles. The van der Waals surface area contributed by atoms with Gasteiger partial charge >= 0.3 is 0 Å². The molecule has 23 heavy (non-hydrogen) atoms. The number of hydrogen-bond donors (Lipinski definition) is 1. The number of amides is 1. The molecule has 0 radical (unpaired) electrons. The molecule has 112 valence electrons. The summed E-state index contributed by atoms with van der Waals surface area (Å²) in [6.45, 7) is 0.304. The molecule has 0 aliphatic heterocycles. The molecule has 1 aromatic heterocycles. The number of hydrogen-bond acceptors (Lipinski definition) is 2. The van der Waals surface area contributed by atoms with Gasteiger partial charge in [-0.25, -0.2) is 0 Å². The summed E-state index contributed by atoms with van der Waals surface area (Å²) in [5.41, 5.74) is 1.74. The van der Waals surface area contributed by atoms with E-state index in [0.717, 1.165) is 16.5 Å². The number of fused-ring (bicyclic) bond motifs is 1. The third-order valence-electron chi connectivity index (χ3n) is 3.20. The Morgan fingerprint density at radius 1 is 1.09 bits per heavy atom. The summed E-state index contributed by atoms with van der Waals surface area (Å²) >= 11 is 0. The van der Waals surface area contributed by atoms with Crippen molar-refractivity contribution in [3.63, 3.8) is 0 Å². The zero-order valence-electron chi connectivity index (χ0n) is 12.5. The molecular weight excluding hydrogens is 286 g/mol. The first-order chi connectivity index (χ1) is 11.3. The van der Waals surface area contributed by atoms with Crippen LogP contribution in [0, 0.1) is 11.8 Å². The van der Waals surface area contributed by atoms with E-state index in [0.29, 0.717) is 12.3 Å². The van der Waals surface area contributed by atoms with Crippen molar-refractivity contribution in [1.29, 1.82) is 0 Å². The van der Waals surface area contributed by atoms with Gasteiger partial charge in [-0.15, -0.1) is 0 Å². The second kappa shape index (κ2) is 7.15. The van der Waals surface area contributed by atoms with Crippen LogP contribution in [0.5, 0.6) is 0 Å². The van der Waals surface area contributed by atoms with Crippen molar-refractivity contribution in [3.8, 4) is 11.8 Å². The van der Waals surface area contributed by atoms with Crippen molar-refractivity contribution in [3.05, 3.63) is 78.1 Å². The fourth-order valence-corrected chi connectivity index (χ4v) is 2.10.